The molecule has 0 bridgehead atoms. The summed E-state index contributed by atoms with van der Waals surface area (Å²) in [5.41, 5.74) is 0. The molecule has 0 fully saturated rings. The molecule has 5 N–H and O–H groups in total. The third kappa shape index (κ3) is 6.35. The molecule has 7 nitrogen and oxygen atoms in total. The molecule has 0 aliphatic carbocycles. The zero-order valence-corrected chi connectivity index (χ0v) is 7.38. The summed E-state index contributed by atoms with van der Waals surface area (Å²) in [7, 11) is 0. The lowest BCUT2D eigenvalue weighted by Gasteiger charge is -2.13. The SMILES string of the molecule is O=C(O)CC[C@H](NCC(O)O)C(=O)O. The first-order chi connectivity index (χ1) is 6.43. The van der Waals surface area contributed by atoms with Crippen molar-refractivity contribution in [2.45, 2.75) is 25.2 Å². The van der Waals surface area contributed by atoms with Crippen molar-refractivity contribution in [1.29, 1.82) is 0 Å². The number of hydrogen-bond donors (Lipinski definition) is 5. The molecule has 0 aliphatic heterocycles. The fourth-order valence-electron chi connectivity index (χ4n) is 0.828. The van der Waals surface area contributed by atoms with Gasteiger partial charge in [-0.05, 0) is 6.42 Å². The first-order valence-corrected chi connectivity index (χ1v) is 3.97. The Hall–Kier alpha value is -1.18. The van der Waals surface area contributed by atoms with Crippen LogP contribution in [0.15, 0.2) is 0 Å². The summed E-state index contributed by atoms with van der Waals surface area (Å²) in [6.07, 6.45) is -2.04. The van der Waals surface area contributed by atoms with Crippen molar-refractivity contribution in [3.8, 4) is 0 Å². The molecular formula is C7H13NO6. The van der Waals surface area contributed by atoms with Crippen molar-refractivity contribution in [3.63, 3.8) is 0 Å². The smallest absolute Gasteiger partial charge is 0.320 e. The average Bonchev–Trinajstić information content (AvgIpc) is 2.02. The van der Waals surface area contributed by atoms with Gasteiger partial charge in [0.05, 0.1) is 0 Å². The van der Waals surface area contributed by atoms with Gasteiger partial charge in [0.2, 0.25) is 0 Å². The van der Waals surface area contributed by atoms with Gasteiger partial charge in [-0.2, -0.15) is 0 Å². The van der Waals surface area contributed by atoms with E-state index >= 15 is 0 Å². The highest BCUT2D eigenvalue weighted by atomic mass is 16.5. The zero-order chi connectivity index (χ0) is 11.1. The van der Waals surface area contributed by atoms with E-state index in [4.69, 9.17) is 20.4 Å². The van der Waals surface area contributed by atoms with Crippen LogP contribution in [0.1, 0.15) is 12.8 Å². The van der Waals surface area contributed by atoms with E-state index in [-0.39, 0.29) is 19.4 Å². The van der Waals surface area contributed by atoms with Gasteiger partial charge in [0, 0.05) is 13.0 Å². The first-order valence-electron chi connectivity index (χ1n) is 3.97. The van der Waals surface area contributed by atoms with Crippen LogP contribution in [0.2, 0.25) is 0 Å². The number of aliphatic carboxylic acids is 2. The summed E-state index contributed by atoms with van der Waals surface area (Å²) in [4.78, 5) is 20.7. The van der Waals surface area contributed by atoms with Crippen LogP contribution in [0.5, 0.6) is 0 Å². The second kappa shape index (κ2) is 6.30. The molecular weight excluding hydrogens is 194 g/mol. The Morgan fingerprint density at radius 2 is 1.79 bits per heavy atom. The van der Waals surface area contributed by atoms with Gasteiger partial charge in [0.25, 0.3) is 0 Å². The number of carboxylic acid groups (broad SMARTS) is 2. The number of hydrogen-bond acceptors (Lipinski definition) is 5. The van der Waals surface area contributed by atoms with Gasteiger partial charge in [-0.3, -0.25) is 14.9 Å². The molecule has 0 radical (unpaired) electrons. The topological polar surface area (TPSA) is 127 Å². The number of carboxylic acids is 2. The van der Waals surface area contributed by atoms with Crippen molar-refractivity contribution in [1.82, 2.24) is 5.32 Å². The van der Waals surface area contributed by atoms with Gasteiger partial charge in [-0.25, -0.2) is 0 Å². The van der Waals surface area contributed by atoms with Gasteiger partial charge in [-0.1, -0.05) is 0 Å². The predicted octanol–water partition coefficient (Wildman–Crippen LogP) is -1.80. The Balaban J connectivity index is 3.90. The van der Waals surface area contributed by atoms with E-state index in [9.17, 15) is 9.59 Å². The minimum Gasteiger partial charge on any atom is -0.481 e. The van der Waals surface area contributed by atoms with Crippen molar-refractivity contribution >= 4 is 11.9 Å². The molecule has 0 aromatic heterocycles. The fourth-order valence-corrected chi connectivity index (χ4v) is 0.828. The highest BCUT2D eigenvalue weighted by Gasteiger charge is 2.18. The number of carbonyl (C=O) groups is 2. The maximum absolute atomic E-state index is 10.5. The maximum atomic E-state index is 10.5. The minimum absolute atomic E-state index is 0.0998. The standard InChI is InChI=1S/C7H13NO6/c9-5(10)2-1-4(7(13)14)8-3-6(11)12/h4,6,8,11-12H,1-3H2,(H,9,10)(H,13,14)/t4-/m0/s1. The molecule has 0 amide bonds. The summed E-state index contributed by atoms with van der Waals surface area (Å²) in [5, 5.41) is 36.1. The Labute approximate surface area is 80.0 Å². The monoisotopic (exact) mass is 207 g/mol. The zero-order valence-electron chi connectivity index (χ0n) is 7.38. The van der Waals surface area contributed by atoms with Crippen molar-refractivity contribution in [3.05, 3.63) is 0 Å². The second-order valence-corrected chi connectivity index (χ2v) is 2.71. The Kier molecular flexibility index (Phi) is 5.77. The van der Waals surface area contributed by atoms with E-state index < -0.39 is 24.3 Å². The molecule has 14 heavy (non-hydrogen) atoms. The van der Waals surface area contributed by atoms with Crippen LogP contribution in [0.4, 0.5) is 0 Å². The lowest BCUT2D eigenvalue weighted by Crippen LogP contribution is -2.41. The molecule has 0 saturated carbocycles. The van der Waals surface area contributed by atoms with E-state index in [2.05, 4.69) is 5.32 Å². The first kappa shape index (κ1) is 12.8. The molecule has 0 rings (SSSR count). The lowest BCUT2D eigenvalue weighted by molar-refractivity contribution is -0.141. The van der Waals surface area contributed by atoms with Crippen LogP contribution in [0, 0.1) is 0 Å². The van der Waals surface area contributed by atoms with Crippen LogP contribution in [-0.4, -0.2) is 51.2 Å². The van der Waals surface area contributed by atoms with Gasteiger partial charge in [0.1, 0.15) is 6.04 Å². The lowest BCUT2D eigenvalue weighted by atomic mass is 10.1. The third-order valence-electron chi connectivity index (χ3n) is 1.49. The van der Waals surface area contributed by atoms with E-state index in [1.165, 1.54) is 0 Å². The van der Waals surface area contributed by atoms with Gasteiger partial charge in [0.15, 0.2) is 6.29 Å². The Bertz CT molecular complexity index is 204. The number of nitrogens with one attached hydrogen (secondary N) is 1. The molecule has 0 aromatic carbocycles. The molecule has 82 valence electrons. The van der Waals surface area contributed by atoms with Gasteiger partial charge >= 0.3 is 11.9 Å². The normalized spacial score (nSPS) is 12.8. The van der Waals surface area contributed by atoms with E-state index in [1.54, 1.807) is 0 Å². The maximum Gasteiger partial charge on any atom is 0.320 e. The van der Waals surface area contributed by atoms with Crippen molar-refractivity contribution in [2.24, 2.45) is 0 Å². The molecule has 0 unspecified atom stereocenters. The highest BCUT2D eigenvalue weighted by Crippen LogP contribution is 1.97. The summed E-state index contributed by atoms with van der Waals surface area (Å²) >= 11 is 0. The third-order valence-corrected chi connectivity index (χ3v) is 1.49. The summed E-state index contributed by atoms with van der Waals surface area (Å²) in [6, 6.07) is -1.08. The van der Waals surface area contributed by atoms with Crippen molar-refractivity contribution in [2.75, 3.05) is 6.54 Å². The molecule has 7 heteroatoms. The second-order valence-electron chi connectivity index (χ2n) is 2.71. The van der Waals surface area contributed by atoms with Gasteiger partial charge < -0.3 is 20.4 Å². The molecule has 0 spiro atoms. The van der Waals surface area contributed by atoms with E-state index in [1.807, 2.05) is 0 Å². The number of rotatable bonds is 7. The van der Waals surface area contributed by atoms with Crippen LogP contribution in [-0.2, 0) is 9.59 Å². The van der Waals surface area contributed by atoms with Crippen LogP contribution in [0.3, 0.4) is 0 Å². The van der Waals surface area contributed by atoms with Crippen molar-refractivity contribution < 1.29 is 30.0 Å². The number of aliphatic hydroxyl groups excluding tert-OH is 1. The van der Waals surface area contributed by atoms with Crippen LogP contribution < -0.4 is 5.32 Å². The quantitative estimate of drug-likeness (QED) is 0.312. The average molecular weight is 207 g/mol. The van der Waals surface area contributed by atoms with E-state index in [0.29, 0.717) is 0 Å². The molecule has 0 aliphatic rings. The summed E-state index contributed by atoms with van der Waals surface area (Å²) in [6.45, 7) is -0.309. The van der Waals surface area contributed by atoms with Crippen LogP contribution >= 0.6 is 0 Å². The molecule has 0 heterocycles. The highest BCUT2D eigenvalue weighted by molar-refractivity contribution is 5.75. The largest absolute Gasteiger partial charge is 0.481 e. The van der Waals surface area contributed by atoms with Gasteiger partial charge in [-0.15, -0.1) is 0 Å². The summed E-state index contributed by atoms with van der Waals surface area (Å²) in [5.74, 6) is -2.31. The van der Waals surface area contributed by atoms with Crippen LogP contribution in [0.25, 0.3) is 0 Å². The Morgan fingerprint density at radius 1 is 1.21 bits per heavy atom. The minimum atomic E-state index is -1.65. The molecule has 0 aromatic rings. The Morgan fingerprint density at radius 3 is 2.14 bits per heavy atom. The predicted molar refractivity (Wildman–Crippen MR) is 44.5 cm³/mol. The molecule has 1 atom stereocenters. The van der Waals surface area contributed by atoms with E-state index in [0.717, 1.165) is 0 Å². The molecule has 0 saturated heterocycles. The fraction of sp³-hybridized carbons (Fsp3) is 0.714. The summed E-state index contributed by atoms with van der Waals surface area (Å²) < 4.78 is 0. The number of aliphatic hydroxyl groups is 2.